The van der Waals surface area contributed by atoms with Gasteiger partial charge in [-0.1, -0.05) is 11.3 Å². The second-order valence-corrected chi connectivity index (χ2v) is 9.10. The highest BCUT2D eigenvalue weighted by Crippen LogP contribution is 2.39. The van der Waals surface area contributed by atoms with E-state index in [-0.39, 0.29) is 11.2 Å². The van der Waals surface area contributed by atoms with Crippen molar-refractivity contribution in [1.82, 2.24) is 10.3 Å². The molecule has 0 saturated heterocycles. The number of anilines is 1. The average Bonchev–Trinajstić information content (AvgIpc) is 3.21. The van der Waals surface area contributed by atoms with E-state index >= 15 is 0 Å². The third-order valence-electron chi connectivity index (χ3n) is 4.59. The number of ether oxygens (including phenoxy) is 4. The topological polar surface area (TPSA) is 108 Å². The van der Waals surface area contributed by atoms with Gasteiger partial charge >= 0.3 is 5.97 Å². The lowest BCUT2D eigenvalue weighted by Crippen LogP contribution is -2.34. The Morgan fingerprint density at radius 3 is 2.19 bits per heavy atom. The van der Waals surface area contributed by atoms with E-state index in [4.69, 9.17) is 31.2 Å². The van der Waals surface area contributed by atoms with Gasteiger partial charge in [0, 0.05) is 5.56 Å². The van der Waals surface area contributed by atoms with Crippen molar-refractivity contribution in [3.63, 3.8) is 0 Å². The SMILES string of the molecule is CCOc1cc(C(=O)NC(=S)Nc2nc3ccc(C(=O)OC(C)C)cc3s2)cc(OCC)c1OCC. The van der Waals surface area contributed by atoms with Gasteiger partial charge in [0.1, 0.15) is 0 Å². The van der Waals surface area contributed by atoms with E-state index in [2.05, 4.69) is 15.6 Å². The zero-order valence-corrected chi connectivity index (χ0v) is 22.4. The molecule has 0 radical (unpaired) electrons. The van der Waals surface area contributed by atoms with Crippen LogP contribution in [0.15, 0.2) is 30.3 Å². The van der Waals surface area contributed by atoms with E-state index in [9.17, 15) is 9.59 Å². The number of amides is 1. The number of fused-ring (bicyclic) bond motifs is 1. The summed E-state index contributed by atoms with van der Waals surface area (Å²) in [6.07, 6.45) is -0.211. The second kappa shape index (κ2) is 12.5. The third kappa shape index (κ3) is 6.82. The van der Waals surface area contributed by atoms with Gasteiger partial charge in [-0.2, -0.15) is 0 Å². The molecule has 0 aliphatic heterocycles. The summed E-state index contributed by atoms with van der Waals surface area (Å²) >= 11 is 6.63. The number of benzene rings is 2. The molecule has 0 saturated carbocycles. The molecule has 0 atom stereocenters. The molecule has 0 spiro atoms. The van der Waals surface area contributed by atoms with Crippen molar-refractivity contribution in [2.45, 2.75) is 40.7 Å². The standard InChI is InChI=1S/C25H29N3O6S2/c1-6-31-18-11-16(12-19(32-7-2)21(18)33-8-3)22(29)27-24(35)28-25-26-17-10-9-15(13-20(17)36-25)23(30)34-14(4)5/h9-14H,6-8H2,1-5H3,(H2,26,27,28,29,35). The zero-order chi connectivity index (χ0) is 26.2. The van der Waals surface area contributed by atoms with Crippen molar-refractivity contribution >= 4 is 55.9 Å². The average molecular weight is 532 g/mol. The van der Waals surface area contributed by atoms with Crippen LogP contribution in [0.4, 0.5) is 5.13 Å². The summed E-state index contributed by atoms with van der Waals surface area (Å²) in [5, 5.41) is 6.13. The summed E-state index contributed by atoms with van der Waals surface area (Å²) < 4.78 is 23.1. The van der Waals surface area contributed by atoms with Crippen LogP contribution in [0.3, 0.4) is 0 Å². The first kappa shape index (κ1) is 27.2. The maximum atomic E-state index is 12.9. The number of thiocarbonyl (C=S) groups is 1. The minimum absolute atomic E-state index is 0.0725. The van der Waals surface area contributed by atoms with Crippen molar-refractivity contribution in [1.29, 1.82) is 0 Å². The quantitative estimate of drug-likeness (QED) is 0.270. The first-order valence-electron chi connectivity index (χ1n) is 11.6. The fourth-order valence-electron chi connectivity index (χ4n) is 3.21. The lowest BCUT2D eigenvalue weighted by molar-refractivity contribution is 0.0378. The second-order valence-electron chi connectivity index (χ2n) is 7.66. The number of hydrogen-bond donors (Lipinski definition) is 2. The summed E-state index contributed by atoms with van der Waals surface area (Å²) in [5.74, 6) is 0.423. The van der Waals surface area contributed by atoms with E-state index in [1.54, 1.807) is 44.2 Å². The van der Waals surface area contributed by atoms with E-state index in [1.807, 2.05) is 20.8 Å². The molecule has 3 aromatic rings. The van der Waals surface area contributed by atoms with Crippen molar-refractivity contribution in [3.8, 4) is 17.2 Å². The Hall–Kier alpha value is -3.44. The maximum Gasteiger partial charge on any atom is 0.338 e. The van der Waals surface area contributed by atoms with Crippen molar-refractivity contribution in [2.24, 2.45) is 0 Å². The Kier molecular flexibility index (Phi) is 9.43. The molecule has 11 heteroatoms. The predicted molar refractivity (Wildman–Crippen MR) is 144 cm³/mol. The molecular formula is C25H29N3O6S2. The van der Waals surface area contributed by atoms with Gasteiger partial charge in [-0.3, -0.25) is 10.1 Å². The summed E-state index contributed by atoms with van der Waals surface area (Å²) in [6.45, 7) is 10.3. The number of aromatic nitrogens is 1. The Labute approximate surface area is 219 Å². The van der Waals surface area contributed by atoms with Crippen LogP contribution >= 0.6 is 23.6 Å². The molecule has 1 heterocycles. The Morgan fingerprint density at radius 1 is 0.972 bits per heavy atom. The van der Waals surface area contributed by atoms with Crippen LogP contribution in [-0.4, -0.2) is 47.9 Å². The van der Waals surface area contributed by atoms with Crippen LogP contribution in [0.2, 0.25) is 0 Å². The number of carbonyl (C=O) groups excluding carboxylic acids is 2. The lowest BCUT2D eigenvalue weighted by atomic mass is 10.1. The molecule has 0 bridgehead atoms. The molecule has 0 fully saturated rings. The lowest BCUT2D eigenvalue weighted by Gasteiger charge is -2.17. The molecule has 1 amide bonds. The first-order chi connectivity index (χ1) is 17.2. The van der Waals surface area contributed by atoms with Crippen molar-refractivity contribution < 1.29 is 28.5 Å². The molecule has 3 rings (SSSR count). The number of thiazole rings is 1. The summed E-state index contributed by atoms with van der Waals surface area (Å²) in [5.41, 5.74) is 1.42. The monoisotopic (exact) mass is 531 g/mol. The number of esters is 1. The molecule has 36 heavy (non-hydrogen) atoms. The fourth-order valence-corrected chi connectivity index (χ4v) is 4.37. The number of nitrogens with zero attached hydrogens (tertiary/aromatic N) is 1. The van der Waals surface area contributed by atoms with Gasteiger partial charge in [-0.05, 0) is 77.2 Å². The Balaban J connectivity index is 1.75. The minimum atomic E-state index is -0.447. The molecule has 0 aliphatic carbocycles. The van der Waals surface area contributed by atoms with Gasteiger partial charge in [-0.15, -0.1) is 0 Å². The van der Waals surface area contributed by atoms with E-state index in [1.165, 1.54) is 11.3 Å². The Morgan fingerprint density at radius 2 is 1.61 bits per heavy atom. The van der Waals surface area contributed by atoms with E-state index in [0.717, 1.165) is 4.70 Å². The van der Waals surface area contributed by atoms with Crippen LogP contribution in [0.5, 0.6) is 17.2 Å². The molecule has 9 nitrogen and oxygen atoms in total. The Bertz CT molecular complexity index is 1230. The van der Waals surface area contributed by atoms with Gasteiger partial charge in [0.25, 0.3) is 5.91 Å². The number of hydrogen-bond acceptors (Lipinski definition) is 9. The molecule has 2 N–H and O–H groups in total. The summed E-state index contributed by atoms with van der Waals surface area (Å²) in [4.78, 5) is 29.6. The minimum Gasteiger partial charge on any atom is -0.490 e. The zero-order valence-electron chi connectivity index (χ0n) is 20.8. The van der Waals surface area contributed by atoms with Crippen LogP contribution < -0.4 is 24.8 Å². The maximum absolute atomic E-state index is 12.9. The van der Waals surface area contributed by atoms with Gasteiger partial charge in [0.15, 0.2) is 21.7 Å². The predicted octanol–water partition coefficient (Wildman–Crippen LogP) is 5.18. The smallest absolute Gasteiger partial charge is 0.338 e. The highest BCUT2D eigenvalue weighted by Gasteiger charge is 2.19. The highest BCUT2D eigenvalue weighted by molar-refractivity contribution is 7.80. The third-order valence-corrected chi connectivity index (χ3v) is 5.72. The number of carbonyl (C=O) groups is 2. The summed E-state index contributed by atoms with van der Waals surface area (Å²) in [7, 11) is 0. The molecule has 0 aliphatic rings. The van der Waals surface area contributed by atoms with E-state index in [0.29, 0.717) is 58.8 Å². The van der Waals surface area contributed by atoms with Gasteiger partial charge in [-0.25, -0.2) is 9.78 Å². The van der Waals surface area contributed by atoms with E-state index < -0.39 is 11.9 Å². The molecule has 1 aromatic heterocycles. The highest BCUT2D eigenvalue weighted by atomic mass is 32.1. The van der Waals surface area contributed by atoms with Gasteiger partial charge < -0.3 is 24.3 Å². The molecule has 2 aromatic carbocycles. The van der Waals surface area contributed by atoms with Gasteiger partial charge in [0.05, 0.1) is 41.7 Å². The fraction of sp³-hybridized carbons (Fsp3) is 0.360. The van der Waals surface area contributed by atoms with Crippen molar-refractivity contribution in [3.05, 3.63) is 41.5 Å². The van der Waals surface area contributed by atoms with Crippen LogP contribution in [-0.2, 0) is 4.74 Å². The summed E-state index contributed by atoms with van der Waals surface area (Å²) in [6, 6.07) is 8.29. The van der Waals surface area contributed by atoms with Crippen molar-refractivity contribution in [2.75, 3.05) is 25.1 Å². The number of nitrogens with one attached hydrogen (secondary N) is 2. The normalized spacial score (nSPS) is 10.7. The molecule has 192 valence electrons. The number of rotatable bonds is 10. The molecule has 0 unspecified atom stereocenters. The van der Waals surface area contributed by atoms with Gasteiger partial charge in [0.2, 0.25) is 5.75 Å². The van der Waals surface area contributed by atoms with Crippen LogP contribution in [0, 0.1) is 0 Å². The van der Waals surface area contributed by atoms with Crippen LogP contribution in [0.1, 0.15) is 55.3 Å². The van der Waals surface area contributed by atoms with Crippen LogP contribution in [0.25, 0.3) is 10.2 Å². The largest absolute Gasteiger partial charge is 0.490 e. The first-order valence-corrected chi connectivity index (χ1v) is 12.8. The molecular weight excluding hydrogens is 502 g/mol.